The van der Waals surface area contributed by atoms with E-state index in [0.29, 0.717) is 0 Å². The molecule has 1 atom stereocenters. The first-order chi connectivity index (χ1) is 5.55. The minimum Gasteiger partial charge on any atom is -0.366 e. The monoisotopic (exact) mass is 180 g/mol. The number of alkyl halides is 3. The van der Waals surface area contributed by atoms with Crippen LogP contribution in [0.15, 0.2) is 12.5 Å². The molecule has 0 aliphatic carbocycles. The van der Waals surface area contributed by atoms with Gasteiger partial charge in [-0.2, -0.15) is 13.2 Å². The molecule has 0 fully saturated rings. The summed E-state index contributed by atoms with van der Waals surface area (Å²) in [5, 5.41) is 0. The summed E-state index contributed by atoms with van der Waals surface area (Å²) in [5.41, 5.74) is -0.0926. The predicted octanol–water partition coefficient (Wildman–Crippen LogP) is 1.66. The maximum absolute atomic E-state index is 12.1. The highest BCUT2D eigenvalue weighted by molar-refractivity contribution is 5.02. The second-order valence-corrected chi connectivity index (χ2v) is 2.16. The molecule has 0 saturated heterocycles. The van der Waals surface area contributed by atoms with Crippen LogP contribution >= 0.6 is 0 Å². The van der Waals surface area contributed by atoms with Gasteiger partial charge in [-0.15, -0.1) is 0 Å². The van der Waals surface area contributed by atoms with Crippen molar-refractivity contribution >= 4 is 0 Å². The number of halogens is 3. The SMILES string of the molecule is COC(c1cnc[nH]1)C(F)(F)F. The molecule has 68 valence electrons. The number of hydrogen-bond donors (Lipinski definition) is 1. The van der Waals surface area contributed by atoms with E-state index in [1.54, 1.807) is 0 Å². The molecular weight excluding hydrogens is 173 g/mol. The average Bonchev–Trinajstić information content (AvgIpc) is 2.38. The zero-order valence-electron chi connectivity index (χ0n) is 6.22. The summed E-state index contributed by atoms with van der Waals surface area (Å²) in [5.74, 6) is 0. The third-order valence-electron chi connectivity index (χ3n) is 1.33. The summed E-state index contributed by atoms with van der Waals surface area (Å²) < 4.78 is 40.6. The molecule has 0 amide bonds. The van der Waals surface area contributed by atoms with Crippen LogP contribution in [0.25, 0.3) is 0 Å². The number of aromatic nitrogens is 2. The minimum absolute atomic E-state index is 0.0926. The molecule has 12 heavy (non-hydrogen) atoms. The molecule has 1 N–H and O–H groups in total. The molecule has 0 bridgehead atoms. The van der Waals surface area contributed by atoms with E-state index in [4.69, 9.17) is 0 Å². The van der Waals surface area contributed by atoms with Crippen molar-refractivity contribution in [2.75, 3.05) is 7.11 Å². The molecular formula is C6H7F3N2O. The maximum Gasteiger partial charge on any atom is 0.420 e. The number of imidazole rings is 1. The number of nitrogens with zero attached hydrogens (tertiary/aromatic N) is 1. The van der Waals surface area contributed by atoms with Gasteiger partial charge in [0, 0.05) is 7.11 Å². The lowest BCUT2D eigenvalue weighted by Gasteiger charge is -2.16. The van der Waals surface area contributed by atoms with E-state index in [2.05, 4.69) is 14.7 Å². The van der Waals surface area contributed by atoms with Crippen molar-refractivity contribution in [1.29, 1.82) is 0 Å². The van der Waals surface area contributed by atoms with Gasteiger partial charge in [0.25, 0.3) is 0 Å². The van der Waals surface area contributed by atoms with Crippen LogP contribution in [0.5, 0.6) is 0 Å². The van der Waals surface area contributed by atoms with Crippen molar-refractivity contribution in [3.63, 3.8) is 0 Å². The van der Waals surface area contributed by atoms with Gasteiger partial charge in [0.1, 0.15) is 0 Å². The van der Waals surface area contributed by atoms with Crippen LogP contribution in [-0.4, -0.2) is 23.3 Å². The quantitative estimate of drug-likeness (QED) is 0.751. The molecule has 6 heteroatoms. The average molecular weight is 180 g/mol. The summed E-state index contributed by atoms with van der Waals surface area (Å²) in [6, 6.07) is 0. The van der Waals surface area contributed by atoms with Crippen molar-refractivity contribution < 1.29 is 17.9 Å². The van der Waals surface area contributed by atoms with E-state index >= 15 is 0 Å². The van der Waals surface area contributed by atoms with Crippen LogP contribution in [0, 0.1) is 0 Å². The Kier molecular flexibility index (Phi) is 2.37. The largest absolute Gasteiger partial charge is 0.420 e. The van der Waals surface area contributed by atoms with Gasteiger partial charge in [-0.1, -0.05) is 0 Å². The number of hydrogen-bond acceptors (Lipinski definition) is 2. The molecule has 1 aromatic rings. The van der Waals surface area contributed by atoms with E-state index in [1.165, 1.54) is 6.33 Å². The fourth-order valence-electron chi connectivity index (χ4n) is 0.847. The Labute approximate surface area is 66.6 Å². The van der Waals surface area contributed by atoms with Gasteiger partial charge in [0.05, 0.1) is 18.2 Å². The summed E-state index contributed by atoms with van der Waals surface area (Å²) in [7, 11) is 0.999. The lowest BCUT2D eigenvalue weighted by molar-refractivity contribution is -0.217. The number of methoxy groups -OCH3 is 1. The zero-order valence-corrected chi connectivity index (χ0v) is 6.22. The van der Waals surface area contributed by atoms with Gasteiger partial charge in [0.15, 0.2) is 6.10 Å². The molecule has 1 aromatic heterocycles. The van der Waals surface area contributed by atoms with E-state index < -0.39 is 12.3 Å². The van der Waals surface area contributed by atoms with Gasteiger partial charge in [-0.3, -0.25) is 0 Å². The van der Waals surface area contributed by atoms with Gasteiger partial charge in [-0.25, -0.2) is 4.98 Å². The lowest BCUT2D eigenvalue weighted by atomic mass is 10.3. The Balaban J connectivity index is 2.84. The predicted molar refractivity (Wildman–Crippen MR) is 34.4 cm³/mol. The summed E-state index contributed by atoms with van der Waals surface area (Å²) in [6.07, 6.45) is -4.06. The summed E-state index contributed by atoms with van der Waals surface area (Å²) in [4.78, 5) is 5.81. The first-order valence-corrected chi connectivity index (χ1v) is 3.13. The summed E-state index contributed by atoms with van der Waals surface area (Å²) in [6.45, 7) is 0. The third kappa shape index (κ3) is 1.76. The van der Waals surface area contributed by atoms with E-state index in [1.807, 2.05) is 0 Å². The maximum atomic E-state index is 12.1. The Bertz CT molecular complexity index is 231. The van der Waals surface area contributed by atoms with Crippen LogP contribution in [0.3, 0.4) is 0 Å². The first kappa shape index (κ1) is 9.05. The van der Waals surface area contributed by atoms with E-state index in [9.17, 15) is 13.2 Å². The summed E-state index contributed by atoms with van der Waals surface area (Å²) >= 11 is 0. The van der Waals surface area contributed by atoms with Gasteiger partial charge >= 0.3 is 6.18 Å². The smallest absolute Gasteiger partial charge is 0.366 e. The van der Waals surface area contributed by atoms with Gasteiger partial charge < -0.3 is 9.72 Å². The molecule has 0 radical (unpaired) electrons. The number of rotatable bonds is 2. The fraction of sp³-hybridized carbons (Fsp3) is 0.500. The molecule has 1 unspecified atom stereocenters. The molecule has 3 nitrogen and oxygen atoms in total. The second-order valence-electron chi connectivity index (χ2n) is 2.16. The van der Waals surface area contributed by atoms with Gasteiger partial charge in [-0.05, 0) is 0 Å². The molecule has 1 rings (SSSR count). The molecule has 1 heterocycles. The number of aromatic amines is 1. The van der Waals surface area contributed by atoms with Crippen molar-refractivity contribution in [3.8, 4) is 0 Å². The van der Waals surface area contributed by atoms with Gasteiger partial charge in [0.2, 0.25) is 0 Å². The Morgan fingerprint density at radius 2 is 2.25 bits per heavy atom. The van der Waals surface area contributed by atoms with E-state index in [-0.39, 0.29) is 5.69 Å². The second kappa shape index (κ2) is 3.14. The number of ether oxygens (including phenoxy) is 1. The normalized spacial score (nSPS) is 14.7. The Morgan fingerprint density at radius 3 is 2.58 bits per heavy atom. The highest BCUT2D eigenvalue weighted by Gasteiger charge is 2.42. The molecule has 0 spiro atoms. The van der Waals surface area contributed by atoms with Crippen molar-refractivity contribution in [2.45, 2.75) is 12.3 Å². The highest BCUT2D eigenvalue weighted by atomic mass is 19.4. The standard InChI is InChI=1S/C6H7F3N2O/c1-12-5(6(7,8)9)4-2-10-3-11-4/h2-3,5H,1H3,(H,10,11). The third-order valence-corrected chi connectivity index (χ3v) is 1.33. The van der Waals surface area contributed by atoms with Crippen molar-refractivity contribution in [3.05, 3.63) is 18.2 Å². The molecule has 0 aromatic carbocycles. The zero-order chi connectivity index (χ0) is 9.19. The molecule has 0 aliphatic rings. The lowest BCUT2D eigenvalue weighted by Crippen LogP contribution is -2.22. The number of H-pyrrole nitrogens is 1. The Hall–Kier alpha value is -1.04. The van der Waals surface area contributed by atoms with Crippen LogP contribution in [0.4, 0.5) is 13.2 Å². The Morgan fingerprint density at radius 1 is 1.58 bits per heavy atom. The minimum atomic E-state index is -4.40. The van der Waals surface area contributed by atoms with Crippen molar-refractivity contribution in [2.24, 2.45) is 0 Å². The molecule has 0 saturated carbocycles. The molecule has 0 aliphatic heterocycles. The number of nitrogens with one attached hydrogen (secondary N) is 1. The van der Waals surface area contributed by atoms with Crippen LogP contribution in [-0.2, 0) is 4.74 Å². The van der Waals surface area contributed by atoms with Crippen LogP contribution in [0.2, 0.25) is 0 Å². The first-order valence-electron chi connectivity index (χ1n) is 3.13. The highest BCUT2D eigenvalue weighted by Crippen LogP contribution is 2.33. The van der Waals surface area contributed by atoms with Crippen LogP contribution < -0.4 is 0 Å². The topological polar surface area (TPSA) is 37.9 Å². The van der Waals surface area contributed by atoms with Crippen molar-refractivity contribution in [1.82, 2.24) is 9.97 Å². The fourth-order valence-corrected chi connectivity index (χ4v) is 0.847. The van der Waals surface area contributed by atoms with E-state index in [0.717, 1.165) is 13.3 Å². The van der Waals surface area contributed by atoms with Crippen LogP contribution in [0.1, 0.15) is 11.8 Å².